The van der Waals surface area contributed by atoms with Gasteiger partial charge in [0.2, 0.25) is 5.88 Å². The van der Waals surface area contributed by atoms with Gasteiger partial charge >= 0.3 is 0 Å². The maximum atomic E-state index is 6.06. The molecule has 8 rings (SSSR count). The second-order valence-corrected chi connectivity index (χ2v) is 10.3. The van der Waals surface area contributed by atoms with Crippen LogP contribution in [-0.4, -0.2) is 21.7 Å². The maximum absolute atomic E-state index is 6.06. The lowest BCUT2D eigenvalue weighted by Crippen LogP contribution is -2.01. The smallest absolute Gasteiger partial charge is 0.226 e. The monoisotopic (exact) mass is 540 g/mol. The van der Waals surface area contributed by atoms with Gasteiger partial charge in [0.25, 0.3) is 0 Å². The molecule has 5 nitrogen and oxygen atoms in total. The molecule has 1 aliphatic rings. The van der Waals surface area contributed by atoms with Crippen molar-refractivity contribution >= 4 is 40.4 Å². The SMILES string of the molecule is C=Nc1oc2cccc(-c3nc(-c4ccccc4)nc(-c4ccc5c6c(cccc46)-c4ccccc4-5)n3)c2c1/C=C\C. The van der Waals surface area contributed by atoms with E-state index in [0.29, 0.717) is 28.9 Å². The van der Waals surface area contributed by atoms with Crippen LogP contribution in [0.2, 0.25) is 0 Å². The highest BCUT2D eigenvalue weighted by Gasteiger charge is 2.24. The Labute approximate surface area is 242 Å². The highest BCUT2D eigenvalue weighted by Crippen LogP contribution is 2.49. The highest BCUT2D eigenvalue weighted by atomic mass is 16.3. The van der Waals surface area contributed by atoms with Gasteiger partial charge in [-0.1, -0.05) is 103 Å². The Kier molecular flexibility index (Phi) is 5.44. The third kappa shape index (κ3) is 3.57. The number of hydrogen-bond donors (Lipinski definition) is 0. The molecular weight excluding hydrogens is 516 g/mol. The summed E-state index contributed by atoms with van der Waals surface area (Å²) in [5.41, 5.74) is 9.27. The van der Waals surface area contributed by atoms with Gasteiger partial charge in [0.05, 0.1) is 0 Å². The van der Waals surface area contributed by atoms with Crippen LogP contribution in [0.1, 0.15) is 12.5 Å². The zero-order valence-corrected chi connectivity index (χ0v) is 22.9. The fourth-order valence-electron chi connectivity index (χ4n) is 6.12. The quantitative estimate of drug-likeness (QED) is 0.204. The van der Waals surface area contributed by atoms with Crippen molar-refractivity contribution in [3.63, 3.8) is 0 Å². The summed E-state index contributed by atoms with van der Waals surface area (Å²) in [6.45, 7) is 5.69. The molecule has 0 saturated carbocycles. The van der Waals surface area contributed by atoms with Gasteiger partial charge in [-0.3, -0.25) is 0 Å². The van der Waals surface area contributed by atoms with Gasteiger partial charge in [-0.15, -0.1) is 0 Å². The van der Waals surface area contributed by atoms with Gasteiger partial charge in [0, 0.05) is 27.6 Å². The van der Waals surface area contributed by atoms with Gasteiger partial charge in [-0.2, -0.15) is 0 Å². The minimum absolute atomic E-state index is 0.472. The molecule has 1 aliphatic carbocycles. The van der Waals surface area contributed by atoms with Crippen molar-refractivity contribution in [2.24, 2.45) is 4.99 Å². The fraction of sp³-hybridized carbons (Fsp3) is 0.0270. The predicted octanol–water partition coefficient (Wildman–Crippen LogP) is 9.78. The van der Waals surface area contributed by atoms with Gasteiger partial charge < -0.3 is 4.42 Å². The van der Waals surface area contributed by atoms with Crippen LogP contribution in [0.25, 0.3) is 84.2 Å². The van der Waals surface area contributed by atoms with Crippen molar-refractivity contribution in [1.29, 1.82) is 0 Å². The van der Waals surface area contributed by atoms with Crippen molar-refractivity contribution in [3.05, 3.63) is 115 Å². The Bertz CT molecular complexity index is 2200. The minimum Gasteiger partial charge on any atom is -0.438 e. The summed E-state index contributed by atoms with van der Waals surface area (Å²) in [6, 6.07) is 35.3. The summed E-state index contributed by atoms with van der Waals surface area (Å²) in [5.74, 6) is 2.27. The van der Waals surface area contributed by atoms with E-state index in [2.05, 4.69) is 66.3 Å². The molecule has 0 radical (unpaired) electrons. The van der Waals surface area contributed by atoms with Crippen molar-refractivity contribution < 1.29 is 4.42 Å². The first-order chi connectivity index (χ1) is 20.7. The average molecular weight is 541 g/mol. The lowest BCUT2D eigenvalue weighted by molar-refractivity contribution is 0.626. The van der Waals surface area contributed by atoms with Gasteiger partial charge in [-0.05, 0) is 58.8 Å². The van der Waals surface area contributed by atoms with E-state index in [-0.39, 0.29) is 0 Å². The molecule has 0 bridgehead atoms. The van der Waals surface area contributed by atoms with Crippen LogP contribution in [0.4, 0.5) is 5.88 Å². The lowest BCUT2D eigenvalue weighted by atomic mass is 9.98. The molecule has 0 amide bonds. The molecule has 2 aromatic heterocycles. The molecule has 0 aliphatic heterocycles. The van der Waals surface area contributed by atoms with E-state index >= 15 is 0 Å². The molecule has 0 fully saturated rings. The van der Waals surface area contributed by atoms with E-state index in [0.717, 1.165) is 33.0 Å². The molecular formula is C37H24N4O. The second kappa shape index (κ2) is 9.46. The van der Waals surface area contributed by atoms with Crippen LogP contribution in [0, 0.1) is 0 Å². The van der Waals surface area contributed by atoms with Gasteiger partial charge in [0.15, 0.2) is 17.5 Å². The molecule has 5 aromatic carbocycles. The van der Waals surface area contributed by atoms with E-state index in [1.165, 1.54) is 27.6 Å². The topological polar surface area (TPSA) is 64.2 Å². The highest BCUT2D eigenvalue weighted by molar-refractivity contribution is 6.18. The summed E-state index contributed by atoms with van der Waals surface area (Å²) in [5, 5.41) is 3.24. The Hall–Kier alpha value is -5.68. The van der Waals surface area contributed by atoms with Crippen molar-refractivity contribution in [1.82, 2.24) is 15.0 Å². The number of benzene rings is 5. The first-order valence-corrected chi connectivity index (χ1v) is 13.9. The summed E-state index contributed by atoms with van der Waals surface area (Å²) in [6.07, 6.45) is 3.95. The first-order valence-electron chi connectivity index (χ1n) is 13.9. The third-order valence-electron chi connectivity index (χ3n) is 7.91. The summed E-state index contributed by atoms with van der Waals surface area (Å²) in [7, 11) is 0. The largest absolute Gasteiger partial charge is 0.438 e. The average Bonchev–Trinajstić information content (AvgIpc) is 3.58. The first kappa shape index (κ1) is 24.1. The predicted molar refractivity (Wildman–Crippen MR) is 172 cm³/mol. The second-order valence-electron chi connectivity index (χ2n) is 10.3. The lowest BCUT2D eigenvalue weighted by Gasteiger charge is -2.12. The number of furan rings is 1. The van der Waals surface area contributed by atoms with Crippen LogP contribution >= 0.6 is 0 Å². The number of rotatable bonds is 5. The Balaban J connectivity index is 1.42. The number of hydrogen-bond acceptors (Lipinski definition) is 5. The Morgan fingerprint density at radius 1 is 0.595 bits per heavy atom. The number of aromatic nitrogens is 3. The maximum Gasteiger partial charge on any atom is 0.226 e. The Morgan fingerprint density at radius 3 is 1.98 bits per heavy atom. The number of nitrogens with zero attached hydrogens (tertiary/aromatic N) is 4. The van der Waals surface area contributed by atoms with Crippen LogP contribution in [0.3, 0.4) is 0 Å². The molecule has 7 aromatic rings. The zero-order valence-electron chi connectivity index (χ0n) is 22.9. The molecule has 0 N–H and O–H groups in total. The van der Waals surface area contributed by atoms with Gasteiger partial charge in [-0.25, -0.2) is 19.9 Å². The number of allylic oxidation sites excluding steroid dienone is 1. The number of fused-ring (bicyclic) bond motifs is 4. The summed E-state index contributed by atoms with van der Waals surface area (Å²) < 4.78 is 6.06. The third-order valence-corrected chi connectivity index (χ3v) is 7.91. The standard InChI is InChI=1S/C37H24N4O/c1-3-11-30-33-29(18-10-19-31(33)42-37(30)38-2)36-40-34(22-12-5-4-6-13-22)39-35(41-36)28-21-20-27-24-15-8-7-14-23(24)25-16-9-17-26(28)32(25)27/h3-21H,2H2,1H3/b11-3-. The molecule has 0 saturated heterocycles. The van der Waals surface area contributed by atoms with E-state index in [9.17, 15) is 0 Å². The van der Waals surface area contributed by atoms with Gasteiger partial charge in [0.1, 0.15) is 5.58 Å². The summed E-state index contributed by atoms with van der Waals surface area (Å²) >= 11 is 0. The zero-order chi connectivity index (χ0) is 28.2. The normalized spacial score (nSPS) is 11.9. The Morgan fingerprint density at radius 2 is 1.21 bits per heavy atom. The number of aliphatic imine (C=N–C) groups is 1. The van der Waals surface area contributed by atoms with Crippen molar-refractivity contribution in [3.8, 4) is 56.4 Å². The molecule has 42 heavy (non-hydrogen) atoms. The molecule has 0 unspecified atom stereocenters. The molecule has 198 valence electrons. The van der Waals surface area contributed by atoms with E-state index in [1.807, 2.05) is 67.6 Å². The van der Waals surface area contributed by atoms with E-state index in [1.54, 1.807) is 0 Å². The molecule has 0 spiro atoms. The van der Waals surface area contributed by atoms with Crippen molar-refractivity contribution in [2.75, 3.05) is 0 Å². The molecule has 0 atom stereocenters. The minimum atomic E-state index is 0.472. The van der Waals surface area contributed by atoms with Crippen LogP contribution < -0.4 is 0 Å². The van der Waals surface area contributed by atoms with E-state index in [4.69, 9.17) is 19.4 Å². The van der Waals surface area contributed by atoms with Crippen LogP contribution in [0.5, 0.6) is 0 Å². The van der Waals surface area contributed by atoms with E-state index < -0.39 is 0 Å². The van der Waals surface area contributed by atoms with Crippen molar-refractivity contribution in [2.45, 2.75) is 6.92 Å². The van der Waals surface area contributed by atoms with Crippen LogP contribution in [0.15, 0.2) is 119 Å². The molecule has 2 heterocycles. The fourth-order valence-corrected chi connectivity index (χ4v) is 6.12. The van der Waals surface area contributed by atoms with Crippen LogP contribution in [-0.2, 0) is 0 Å². The summed E-state index contributed by atoms with van der Waals surface area (Å²) in [4.78, 5) is 19.3. The molecule has 5 heteroatoms.